The van der Waals surface area contributed by atoms with Crippen molar-refractivity contribution in [2.45, 2.75) is 72.1 Å². The molecule has 2 aromatic rings. The quantitative estimate of drug-likeness (QED) is 0.559. The highest BCUT2D eigenvalue weighted by Gasteiger charge is 2.38. The lowest BCUT2D eigenvalue weighted by molar-refractivity contribution is -0.139. The number of hydrogen-bond acceptors (Lipinski definition) is 7. The van der Waals surface area contributed by atoms with Crippen LogP contribution in [0.15, 0.2) is 41.3 Å². The fourth-order valence-electron chi connectivity index (χ4n) is 4.36. The lowest BCUT2D eigenvalue weighted by atomic mass is 10.0. The van der Waals surface area contributed by atoms with E-state index >= 15 is 0 Å². The minimum atomic E-state index is -1.20. The van der Waals surface area contributed by atoms with Gasteiger partial charge in [0.2, 0.25) is 5.91 Å². The molecule has 1 atom stereocenters. The predicted molar refractivity (Wildman–Crippen MR) is 149 cm³/mol. The molecular weight excluding hydrogens is 516 g/mol. The number of urea groups is 1. The molecule has 40 heavy (non-hydrogen) atoms. The molecule has 0 unspecified atom stereocenters. The normalized spacial score (nSPS) is 15.8. The number of ether oxygens (including phenoxy) is 1. The summed E-state index contributed by atoms with van der Waals surface area (Å²) < 4.78 is 6.61. The summed E-state index contributed by atoms with van der Waals surface area (Å²) in [5.41, 5.74) is -1.03. The summed E-state index contributed by atoms with van der Waals surface area (Å²) in [6, 6.07) is 7.77. The Hall–Kier alpha value is -4.22. The van der Waals surface area contributed by atoms with Crippen LogP contribution in [-0.2, 0) is 20.7 Å². The summed E-state index contributed by atoms with van der Waals surface area (Å²) in [6.45, 7) is 12.6. The number of benzene rings is 1. The minimum absolute atomic E-state index is 0.0491. The molecule has 1 aliphatic heterocycles. The van der Waals surface area contributed by atoms with Gasteiger partial charge in [0.1, 0.15) is 22.7 Å². The summed E-state index contributed by atoms with van der Waals surface area (Å²) in [7, 11) is 0. The maximum absolute atomic E-state index is 13.2. The van der Waals surface area contributed by atoms with E-state index in [2.05, 4.69) is 15.6 Å². The molecule has 1 fully saturated rings. The number of aromatic nitrogens is 2. The SMILES string of the molecule is CC(=O)Cc1ccc(-n2ccc(NC(=O)N3CCN(C(=O)C(C)(C)NC(=O)OC(C)(C)C)C[C@H]3C)nc2=O)cc1. The first kappa shape index (κ1) is 30.3. The zero-order valence-corrected chi connectivity index (χ0v) is 24.1. The van der Waals surface area contributed by atoms with Crippen LogP contribution >= 0.6 is 0 Å². The smallest absolute Gasteiger partial charge is 0.408 e. The summed E-state index contributed by atoms with van der Waals surface area (Å²) >= 11 is 0. The van der Waals surface area contributed by atoms with E-state index in [1.807, 2.05) is 6.92 Å². The van der Waals surface area contributed by atoms with Crippen LogP contribution < -0.4 is 16.3 Å². The molecule has 2 heterocycles. The summed E-state index contributed by atoms with van der Waals surface area (Å²) in [6.07, 6.45) is 1.15. The fourth-order valence-corrected chi connectivity index (χ4v) is 4.36. The van der Waals surface area contributed by atoms with Gasteiger partial charge in [-0.3, -0.25) is 19.5 Å². The van der Waals surface area contributed by atoms with Gasteiger partial charge in [-0.25, -0.2) is 14.4 Å². The Balaban J connectivity index is 1.60. The highest BCUT2D eigenvalue weighted by atomic mass is 16.6. The van der Waals surface area contributed by atoms with Gasteiger partial charge in [-0.2, -0.15) is 4.98 Å². The lowest BCUT2D eigenvalue weighted by Crippen LogP contribution is -2.62. The van der Waals surface area contributed by atoms with Gasteiger partial charge in [-0.15, -0.1) is 0 Å². The van der Waals surface area contributed by atoms with Gasteiger partial charge in [0.05, 0.1) is 5.69 Å². The van der Waals surface area contributed by atoms with Crippen molar-refractivity contribution in [2.75, 3.05) is 25.0 Å². The Labute approximate surface area is 233 Å². The van der Waals surface area contributed by atoms with Crippen LogP contribution in [-0.4, -0.2) is 80.0 Å². The van der Waals surface area contributed by atoms with Gasteiger partial charge < -0.3 is 19.9 Å². The fraction of sp³-hybridized carbons (Fsp3) is 0.500. The number of anilines is 1. The van der Waals surface area contributed by atoms with E-state index < -0.39 is 29.0 Å². The van der Waals surface area contributed by atoms with Crippen LogP contribution in [0.4, 0.5) is 15.4 Å². The van der Waals surface area contributed by atoms with Gasteiger partial charge in [0, 0.05) is 38.3 Å². The Morgan fingerprint density at radius 1 is 1.02 bits per heavy atom. The third kappa shape index (κ3) is 7.90. The van der Waals surface area contributed by atoms with Crippen molar-refractivity contribution in [1.29, 1.82) is 0 Å². The Morgan fingerprint density at radius 3 is 2.23 bits per heavy atom. The third-order valence-corrected chi connectivity index (χ3v) is 6.23. The van der Waals surface area contributed by atoms with E-state index in [0.29, 0.717) is 12.1 Å². The van der Waals surface area contributed by atoms with Crippen molar-refractivity contribution in [2.24, 2.45) is 0 Å². The largest absolute Gasteiger partial charge is 0.444 e. The average Bonchev–Trinajstić information content (AvgIpc) is 2.82. The maximum Gasteiger partial charge on any atom is 0.408 e. The molecule has 0 bridgehead atoms. The predicted octanol–water partition coefficient (Wildman–Crippen LogP) is 2.73. The standard InChI is InChI=1S/C28H38N6O6/c1-18-17-32(23(36)28(6,7)31-26(39)40-27(3,4)5)14-15-33(18)24(37)29-22-12-13-34(25(38)30-22)21-10-8-20(9-11-21)16-19(2)35/h8-13,18H,14-17H2,1-7H3,(H,31,39)(H,29,30,37,38)/t18-/m1/s1. The molecule has 0 spiro atoms. The molecule has 0 radical (unpaired) electrons. The van der Waals surface area contributed by atoms with E-state index in [1.165, 1.54) is 23.8 Å². The van der Waals surface area contributed by atoms with Gasteiger partial charge in [-0.05, 0) is 72.2 Å². The summed E-state index contributed by atoms with van der Waals surface area (Å²) in [5, 5.41) is 5.29. The second kappa shape index (κ2) is 11.9. The van der Waals surface area contributed by atoms with Crippen LogP contribution in [0, 0.1) is 0 Å². The van der Waals surface area contributed by atoms with Crippen molar-refractivity contribution >= 4 is 29.6 Å². The van der Waals surface area contributed by atoms with E-state index in [0.717, 1.165) is 5.56 Å². The molecule has 12 heteroatoms. The van der Waals surface area contributed by atoms with Gasteiger partial charge in [0.25, 0.3) is 0 Å². The van der Waals surface area contributed by atoms with Crippen molar-refractivity contribution < 1.29 is 23.9 Å². The number of carbonyl (C=O) groups is 4. The molecule has 3 rings (SSSR count). The van der Waals surface area contributed by atoms with Crippen molar-refractivity contribution in [3.63, 3.8) is 0 Å². The topological polar surface area (TPSA) is 143 Å². The Kier molecular flexibility index (Phi) is 9.01. The van der Waals surface area contributed by atoms with Crippen molar-refractivity contribution in [3.8, 4) is 5.69 Å². The second-order valence-corrected chi connectivity index (χ2v) is 11.5. The zero-order valence-electron chi connectivity index (χ0n) is 24.1. The Bertz CT molecular complexity index is 1330. The molecule has 12 nitrogen and oxygen atoms in total. The summed E-state index contributed by atoms with van der Waals surface area (Å²) in [4.78, 5) is 69.5. The number of amides is 4. The van der Waals surface area contributed by atoms with Crippen LogP contribution in [0.1, 0.15) is 54.0 Å². The highest BCUT2D eigenvalue weighted by molar-refractivity contribution is 5.91. The minimum Gasteiger partial charge on any atom is -0.444 e. The number of carbonyl (C=O) groups excluding carboxylic acids is 4. The van der Waals surface area contributed by atoms with E-state index in [4.69, 9.17) is 4.74 Å². The average molecular weight is 555 g/mol. The number of ketones is 1. The molecule has 1 aromatic carbocycles. The van der Waals surface area contributed by atoms with Crippen molar-refractivity contribution in [1.82, 2.24) is 24.7 Å². The number of nitrogens with one attached hydrogen (secondary N) is 2. The van der Waals surface area contributed by atoms with Crippen LogP contribution in [0.3, 0.4) is 0 Å². The van der Waals surface area contributed by atoms with Gasteiger partial charge in [-0.1, -0.05) is 12.1 Å². The Morgan fingerprint density at radius 2 is 1.68 bits per heavy atom. The number of hydrogen-bond donors (Lipinski definition) is 2. The maximum atomic E-state index is 13.2. The molecule has 1 aromatic heterocycles. The molecule has 2 N–H and O–H groups in total. The van der Waals surface area contributed by atoms with Crippen LogP contribution in [0.25, 0.3) is 5.69 Å². The highest BCUT2D eigenvalue weighted by Crippen LogP contribution is 2.18. The molecule has 216 valence electrons. The third-order valence-electron chi connectivity index (χ3n) is 6.23. The number of Topliss-reactive ketones (excluding diaryl/α,β-unsaturated/α-hetero) is 1. The van der Waals surface area contributed by atoms with Crippen LogP contribution in [0.2, 0.25) is 0 Å². The first-order valence-electron chi connectivity index (χ1n) is 13.1. The molecule has 0 saturated carbocycles. The zero-order chi connectivity index (χ0) is 29.8. The molecule has 1 aliphatic rings. The van der Waals surface area contributed by atoms with Gasteiger partial charge >= 0.3 is 17.8 Å². The van der Waals surface area contributed by atoms with Gasteiger partial charge in [0.15, 0.2) is 0 Å². The van der Waals surface area contributed by atoms with Crippen LogP contribution in [0.5, 0.6) is 0 Å². The number of piperazine rings is 1. The van der Waals surface area contributed by atoms with E-state index in [9.17, 15) is 24.0 Å². The van der Waals surface area contributed by atoms with E-state index in [1.54, 1.807) is 68.7 Å². The number of rotatable bonds is 6. The van der Waals surface area contributed by atoms with E-state index in [-0.39, 0.29) is 43.2 Å². The second-order valence-electron chi connectivity index (χ2n) is 11.5. The lowest BCUT2D eigenvalue weighted by Gasteiger charge is -2.42. The molecule has 1 saturated heterocycles. The molecular formula is C28H38N6O6. The van der Waals surface area contributed by atoms with Crippen molar-refractivity contribution in [3.05, 3.63) is 52.6 Å². The monoisotopic (exact) mass is 554 g/mol. The first-order chi connectivity index (χ1) is 18.6. The summed E-state index contributed by atoms with van der Waals surface area (Å²) in [5.74, 6) is -0.134. The molecule has 0 aliphatic carbocycles. The first-order valence-corrected chi connectivity index (χ1v) is 13.1. The molecule has 4 amide bonds. The number of alkyl carbamates (subject to hydrolysis) is 1. The number of nitrogens with zero attached hydrogens (tertiary/aromatic N) is 4.